The molecule has 1 aromatic heterocycles. The van der Waals surface area contributed by atoms with Gasteiger partial charge < -0.3 is 15.5 Å². The predicted octanol–water partition coefficient (Wildman–Crippen LogP) is -1.37. The smallest absolute Gasteiger partial charge is 0.246 e. The van der Waals surface area contributed by atoms with Crippen LogP contribution in [0.5, 0.6) is 0 Å². The molecule has 0 saturated carbocycles. The maximum absolute atomic E-state index is 11.8. The Morgan fingerprint density at radius 3 is 2.69 bits per heavy atom. The molecule has 1 fully saturated rings. The van der Waals surface area contributed by atoms with Crippen molar-refractivity contribution in [2.75, 3.05) is 39.0 Å². The number of hydrogen-bond donors (Lipinski definition) is 1. The zero-order chi connectivity index (χ0) is 11.5. The standard InChI is InChI=1S/C9H16N6O/c1-13-2-4-14(5-3-13)9(16)7-15-11-6-8(10)12-15/h6H,2-5,7H2,1H3,(H2,10,12). The first kappa shape index (κ1) is 10.9. The molecule has 7 nitrogen and oxygen atoms in total. The largest absolute Gasteiger partial charge is 0.381 e. The van der Waals surface area contributed by atoms with E-state index in [1.165, 1.54) is 11.0 Å². The van der Waals surface area contributed by atoms with Crippen LogP contribution < -0.4 is 5.73 Å². The van der Waals surface area contributed by atoms with E-state index < -0.39 is 0 Å². The third kappa shape index (κ3) is 2.48. The molecule has 0 bridgehead atoms. The van der Waals surface area contributed by atoms with Gasteiger partial charge in [0.2, 0.25) is 5.91 Å². The second-order valence-electron chi connectivity index (χ2n) is 3.98. The van der Waals surface area contributed by atoms with Crippen molar-refractivity contribution in [2.45, 2.75) is 6.54 Å². The second-order valence-corrected chi connectivity index (χ2v) is 3.98. The number of nitrogens with two attached hydrogens (primary N) is 1. The van der Waals surface area contributed by atoms with Crippen LogP contribution in [0.3, 0.4) is 0 Å². The second kappa shape index (κ2) is 4.48. The molecule has 1 aliphatic heterocycles. The molecular formula is C9H16N6O. The van der Waals surface area contributed by atoms with Crippen molar-refractivity contribution in [2.24, 2.45) is 0 Å². The van der Waals surface area contributed by atoms with Crippen molar-refractivity contribution < 1.29 is 4.79 Å². The fourth-order valence-corrected chi connectivity index (χ4v) is 1.66. The van der Waals surface area contributed by atoms with Crippen LogP contribution in [0.2, 0.25) is 0 Å². The minimum atomic E-state index is 0.0451. The van der Waals surface area contributed by atoms with Crippen molar-refractivity contribution in [3.63, 3.8) is 0 Å². The molecule has 0 spiro atoms. The van der Waals surface area contributed by atoms with Crippen LogP contribution in [0.25, 0.3) is 0 Å². The molecule has 0 aromatic carbocycles. The number of anilines is 1. The molecule has 1 amide bonds. The Balaban J connectivity index is 1.88. The summed E-state index contributed by atoms with van der Waals surface area (Å²) < 4.78 is 0. The van der Waals surface area contributed by atoms with Crippen LogP contribution >= 0.6 is 0 Å². The molecule has 16 heavy (non-hydrogen) atoms. The summed E-state index contributed by atoms with van der Waals surface area (Å²) >= 11 is 0. The number of carbonyl (C=O) groups is 1. The summed E-state index contributed by atoms with van der Waals surface area (Å²) in [4.78, 5) is 17.2. The molecule has 2 N–H and O–H groups in total. The highest BCUT2D eigenvalue weighted by atomic mass is 16.2. The molecule has 0 atom stereocenters. The summed E-state index contributed by atoms with van der Waals surface area (Å²) in [6, 6.07) is 0. The van der Waals surface area contributed by atoms with E-state index in [1.54, 1.807) is 0 Å². The van der Waals surface area contributed by atoms with Gasteiger partial charge >= 0.3 is 0 Å². The van der Waals surface area contributed by atoms with E-state index in [9.17, 15) is 4.79 Å². The molecule has 2 rings (SSSR count). The van der Waals surface area contributed by atoms with Crippen molar-refractivity contribution in [1.29, 1.82) is 0 Å². The number of aromatic nitrogens is 3. The number of rotatable bonds is 2. The average Bonchev–Trinajstić information content (AvgIpc) is 2.65. The summed E-state index contributed by atoms with van der Waals surface area (Å²) in [5.74, 6) is 0.384. The molecule has 88 valence electrons. The van der Waals surface area contributed by atoms with Gasteiger partial charge in [-0.3, -0.25) is 4.79 Å². The fraction of sp³-hybridized carbons (Fsp3) is 0.667. The fourth-order valence-electron chi connectivity index (χ4n) is 1.66. The molecule has 1 saturated heterocycles. The summed E-state index contributed by atoms with van der Waals surface area (Å²) in [6.07, 6.45) is 1.44. The lowest BCUT2D eigenvalue weighted by Crippen LogP contribution is -2.48. The van der Waals surface area contributed by atoms with Crippen LogP contribution in [0.1, 0.15) is 0 Å². The SMILES string of the molecule is CN1CCN(C(=O)Cn2ncc(N)n2)CC1. The van der Waals surface area contributed by atoms with E-state index in [0.29, 0.717) is 5.82 Å². The van der Waals surface area contributed by atoms with Gasteiger partial charge in [0.25, 0.3) is 0 Å². The normalized spacial score (nSPS) is 17.7. The molecule has 7 heteroatoms. The molecular weight excluding hydrogens is 208 g/mol. The van der Waals surface area contributed by atoms with E-state index in [-0.39, 0.29) is 12.5 Å². The predicted molar refractivity (Wildman–Crippen MR) is 58.5 cm³/mol. The van der Waals surface area contributed by atoms with Crippen LogP contribution in [-0.4, -0.2) is 63.9 Å². The van der Waals surface area contributed by atoms with Crippen molar-refractivity contribution >= 4 is 11.7 Å². The maximum atomic E-state index is 11.8. The van der Waals surface area contributed by atoms with Gasteiger partial charge in [-0.05, 0) is 7.05 Å². The van der Waals surface area contributed by atoms with Crippen LogP contribution in [0.15, 0.2) is 6.20 Å². The Kier molecular flexibility index (Phi) is 3.04. The first-order chi connectivity index (χ1) is 7.65. The average molecular weight is 224 g/mol. The van der Waals surface area contributed by atoms with Gasteiger partial charge in [0.05, 0.1) is 6.20 Å². The summed E-state index contributed by atoms with van der Waals surface area (Å²) in [5.41, 5.74) is 5.42. The van der Waals surface area contributed by atoms with E-state index in [4.69, 9.17) is 5.73 Å². The molecule has 1 aromatic rings. The topological polar surface area (TPSA) is 80.3 Å². The van der Waals surface area contributed by atoms with Gasteiger partial charge in [0, 0.05) is 26.2 Å². The van der Waals surface area contributed by atoms with Gasteiger partial charge in [-0.25, -0.2) is 0 Å². The maximum Gasteiger partial charge on any atom is 0.246 e. The minimum Gasteiger partial charge on any atom is -0.381 e. The van der Waals surface area contributed by atoms with E-state index >= 15 is 0 Å². The summed E-state index contributed by atoms with van der Waals surface area (Å²) in [7, 11) is 2.05. The Bertz CT molecular complexity index is 368. The molecule has 0 radical (unpaired) electrons. The van der Waals surface area contributed by atoms with Crippen LogP contribution in [-0.2, 0) is 11.3 Å². The number of hydrogen-bond acceptors (Lipinski definition) is 5. The van der Waals surface area contributed by atoms with Gasteiger partial charge in [-0.15, -0.1) is 5.10 Å². The third-order valence-electron chi connectivity index (χ3n) is 2.69. The van der Waals surface area contributed by atoms with E-state index in [1.807, 2.05) is 4.90 Å². The first-order valence-corrected chi connectivity index (χ1v) is 5.27. The zero-order valence-electron chi connectivity index (χ0n) is 9.33. The van der Waals surface area contributed by atoms with Gasteiger partial charge in [-0.1, -0.05) is 0 Å². The highest BCUT2D eigenvalue weighted by Gasteiger charge is 2.19. The first-order valence-electron chi connectivity index (χ1n) is 5.27. The number of amides is 1. The Labute approximate surface area is 93.8 Å². The van der Waals surface area contributed by atoms with Gasteiger partial charge in [0.1, 0.15) is 6.54 Å². The van der Waals surface area contributed by atoms with Crippen LogP contribution in [0.4, 0.5) is 5.82 Å². The Hall–Kier alpha value is -1.63. The Morgan fingerprint density at radius 2 is 2.12 bits per heavy atom. The molecule has 2 heterocycles. The van der Waals surface area contributed by atoms with Gasteiger partial charge in [-0.2, -0.15) is 9.90 Å². The van der Waals surface area contributed by atoms with E-state index in [0.717, 1.165) is 26.2 Å². The number of carbonyl (C=O) groups excluding carboxylic acids is 1. The Morgan fingerprint density at radius 1 is 1.44 bits per heavy atom. The molecule has 0 aliphatic carbocycles. The lowest BCUT2D eigenvalue weighted by Gasteiger charge is -2.32. The molecule has 0 unspecified atom stereocenters. The van der Waals surface area contributed by atoms with E-state index in [2.05, 4.69) is 22.1 Å². The monoisotopic (exact) mass is 224 g/mol. The highest BCUT2D eigenvalue weighted by Crippen LogP contribution is 2.01. The quantitative estimate of drug-likeness (QED) is 0.670. The number of piperazine rings is 1. The number of likely N-dealkylation sites (N-methyl/N-ethyl adjacent to an activating group) is 1. The summed E-state index contributed by atoms with van der Waals surface area (Å²) in [5, 5.41) is 7.77. The minimum absolute atomic E-state index is 0.0451. The summed E-state index contributed by atoms with van der Waals surface area (Å²) in [6.45, 7) is 3.54. The zero-order valence-corrected chi connectivity index (χ0v) is 9.33. The van der Waals surface area contributed by atoms with Crippen molar-refractivity contribution in [3.05, 3.63) is 6.20 Å². The lowest BCUT2D eigenvalue weighted by molar-refractivity contribution is -0.133. The molecule has 1 aliphatic rings. The highest BCUT2D eigenvalue weighted by molar-refractivity contribution is 5.75. The lowest BCUT2D eigenvalue weighted by atomic mass is 10.3. The van der Waals surface area contributed by atoms with Crippen molar-refractivity contribution in [1.82, 2.24) is 24.8 Å². The van der Waals surface area contributed by atoms with Crippen LogP contribution in [0, 0.1) is 0 Å². The van der Waals surface area contributed by atoms with Gasteiger partial charge in [0.15, 0.2) is 5.82 Å². The number of nitrogen functional groups attached to an aromatic ring is 1. The number of nitrogens with zero attached hydrogens (tertiary/aromatic N) is 5. The van der Waals surface area contributed by atoms with Crippen molar-refractivity contribution in [3.8, 4) is 0 Å². The third-order valence-corrected chi connectivity index (χ3v) is 2.69.